The summed E-state index contributed by atoms with van der Waals surface area (Å²) in [4.78, 5) is 0. The summed E-state index contributed by atoms with van der Waals surface area (Å²) in [5, 5.41) is 3.29. The van der Waals surface area contributed by atoms with Gasteiger partial charge in [0.25, 0.3) is 0 Å². The lowest BCUT2D eigenvalue weighted by Crippen LogP contribution is -2.21. The van der Waals surface area contributed by atoms with Crippen LogP contribution in [0.1, 0.15) is 57.8 Å². The van der Waals surface area contributed by atoms with Gasteiger partial charge in [0.15, 0.2) is 0 Å². The highest BCUT2D eigenvalue weighted by Crippen LogP contribution is 2.32. The molecule has 2 aliphatic rings. The highest BCUT2D eigenvalue weighted by molar-refractivity contribution is 4.81. The molecule has 2 heteroatoms. The number of nitrogens with one attached hydrogen (secondary N) is 1. The number of hydrogen-bond donors (Lipinski definition) is 1. The molecule has 0 radical (unpaired) electrons. The first-order chi connectivity index (χ1) is 8.40. The molecule has 1 heterocycles. The number of rotatable bonds is 3. The van der Waals surface area contributed by atoms with Crippen molar-refractivity contribution in [2.75, 3.05) is 20.2 Å². The Morgan fingerprint density at radius 3 is 2.29 bits per heavy atom. The summed E-state index contributed by atoms with van der Waals surface area (Å²) in [6.07, 6.45) is 13.4. The average Bonchev–Trinajstić information content (AvgIpc) is 2.81. The average molecular weight is 239 g/mol. The SMILES string of the molecule is CNCC1COC(C2CCCCCCCC2)C1. The summed E-state index contributed by atoms with van der Waals surface area (Å²) in [6, 6.07) is 0. The minimum Gasteiger partial charge on any atom is -0.378 e. The predicted molar refractivity (Wildman–Crippen MR) is 72.2 cm³/mol. The molecule has 0 aromatic rings. The lowest BCUT2D eigenvalue weighted by atomic mass is 9.88. The van der Waals surface area contributed by atoms with Crippen LogP contribution < -0.4 is 5.32 Å². The van der Waals surface area contributed by atoms with Crippen molar-refractivity contribution < 1.29 is 4.74 Å². The van der Waals surface area contributed by atoms with E-state index in [1.54, 1.807) is 0 Å². The third-order valence-electron chi connectivity index (χ3n) is 4.53. The first kappa shape index (κ1) is 13.4. The molecule has 100 valence electrons. The van der Waals surface area contributed by atoms with Gasteiger partial charge in [0.05, 0.1) is 12.7 Å². The molecule has 1 N–H and O–H groups in total. The molecule has 1 aliphatic heterocycles. The Morgan fingerprint density at radius 2 is 1.65 bits per heavy atom. The topological polar surface area (TPSA) is 21.3 Å². The van der Waals surface area contributed by atoms with Gasteiger partial charge in [-0.15, -0.1) is 0 Å². The van der Waals surface area contributed by atoms with Gasteiger partial charge < -0.3 is 10.1 Å². The molecule has 0 aromatic carbocycles. The van der Waals surface area contributed by atoms with Gasteiger partial charge in [-0.2, -0.15) is 0 Å². The molecule has 1 saturated heterocycles. The first-order valence-electron chi connectivity index (χ1n) is 7.66. The second-order valence-corrected chi connectivity index (χ2v) is 5.99. The smallest absolute Gasteiger partial charge is 0.0607 e. The van der Waals surface area contributed by atoms with Crippen molar-refractivity contribution in [3.05, 3.63) is 0 Å². The Morgan fingerprint density at radius 1 is 1.00 bits per heavy atom. The fraction of sp³-hybridized carbons (Fsp3) is 1.00. The summed E-state index contributed by atoms with van der Waals surface area (Å²) in [5.41, 5.74) is 0. The van der Waals surface area contributed by atoms with Crippen LogP contribution in [-0.4, -0.2) is 26.3 Å². The van der Waals surface area contributed by atoms with E-state index in [1.807, 2.05) is 7.05 Å². The lowest BCUT2D eigenvalue weighted by Gasteiger charge is -2.22. The van der Waals surface area contributed by atoms with Crippen LogP contribution in [0.25, 0.3) is 0 Å². The van der Waals surface area contributed by atoms with E-state index in [-0.39, 0.29) is 0 Å². The van der Waals surface area contributed by atoms with Crippen molar-refractivity contribution in [1.29, 1.82) is 0 Å². The lowest BCUT2D eigenvalue weighted by molar-refractivity contribution is 0.0527. The van der Waals surface area contributed by atoms with E-state index in [9.17, 15) is 0 Å². The van der Waals surface area contributed by atoms with E-state index < -0.39 is 0 Å². The highest BCUT2D eigenvalue weighted by Gasteiger charge is 2.30. The second kappa shape index (κ2) is 7.38. The van der Waals surface area contributed by atoms with Crippen LogP contribution in [0, 0.1) is 11.8 Å². The molecular formula is C15H29NO. The molecule has 17 heavy (non-hydrogen) atoms. The van der Waals surface area contributed by atoms with Crippen LogP contribution in [-0.2, 0) is 4.74 Å². The molecule has 0 amide bonds. The zero-order chi connectivity index (χ0) is 11.9. The summed E-state index contributed by atoms with van der Waals surface area (Å²) in [6.45, 7) is 2.12. The van der Waals surface area contributed by atoms with Crippen LogP contribution in [0.4, 0.5) is 0 Å². The molecule has 0 aromatic heterocycles. The van der Waals surface area contributed by atoms with Gasteiger partial charge in [0.1, 0.15) is 0 Å². The maximum absolute atomic E-state index is 6.05. The van der Waals surface area contributed by atoms with Gasteiger partial charge in [-0.05, 0) is 44.7 Å². The second-order valence-electron chi connectivity index (χ2n) is 5.99. The van der Waals surface area contributed by atoms with Crippen molar-refractivity contribution in [2.24, 2.45) is 11.8 Å². The van der Waals surface area contributed by atoms with Gasteiger partial charge >= 0.3 is 0 Å². The zero-order valence-electron chi connectivity index (χ0n) is 11.4. The van der Waals surface area contributed by atoms with Crippen molar-refractivity contribution in [3.8, 4) is 0 Å². The quantitative estimate of drug-likeness (QED) is 0.815. The van der Waals surface area contributed by atoms with Gasteiger partial charge in [-0.25, -0.2) is 0 Å². The minimum atomic E-state index is 0.575. The normalized spacial score (nSPS) is 33.0. The van der Waals surface area contributed by atoms with E-state index >= 15 is 0 Å². The summed E-state index contributed by atoms with van der Waals surface area (Å²) < 4.78 is 6.05. The van der Waals surface area contributed by atoms with Crippen molar-refractivity contribution in [1.82, 2.24) is 5.32 Å². The molecular weight excluding hydrogens is 210 g/mol. The van der Waals surface area contributed by atoms with E-state index in [0.29, 0.717) is 6.10 Å². The first-order valence-corrected chi connectivity index (χ1v) is 7.66. The van der Waals surface area contributed by atoms with E-state index in [2.05, 4.69) is 5.32 Å². The van der Waals surface area contributed by atoms with Crippen LogP contribution in [0.5, 0.6) is 0 Å². The number of hydrogen-bond acceptors (Lipinski definition) is 2. The summed E-state index contributed by atoms with van der Waals surface area (Å²) >= 11 is 0. The molecule has 0 bridgehead atoms. The predicted octanol–water partition coefficient (Wildman–Crippen LogP) is 3.36. The fourth-order valence-electron chi connectivity index (χ4n) is 3.52. The Labute approximate surface area is 107 Å². The molecule has 2 fully saturated rings. The van der Waals surface area contributed by atoms with Crippen molar-refractivity contribution in [3.63, 3.8) is 0 Å². The van der Waals surface area contributed by atoms with Crippen molar-refractivity contribution in [2.45, 2.75) is 63.9 Å². The van der Waals surface area contributed by atoms with Gasteiger partial charge in [0.2, 0.25) is 0 Å². The number of ether oxygens (including phenoxy) is 1. The van der Waals surface area contributed by atoms with Crippen LogP contribution in [0.15, 0.2) is 0 Å². The maximum Gasteiger partial charge on any atom is 0.0607 e. The molecule has 1 saturated carbocycles. The third-order valence-corrected chi connectivity index (χ3v) is 4.53. The fourth-order valence-corrected chi connectivity index (χ4v) is 3.52. The molecule has 2 atom stereocenters. The standard InChI is InChI=1S/C15H29NO/c1-16-11-13-10-15(17-12-13)14-8-6-4-2-3-5-7-9-14/h13-16H,2-12H2,1H3. The van der Waals surface area contributed by atoms with Gasteiger partial charge in [-0.3, -0.25) is 0 Å². The van der Waals surface area contributed by atoms with E-state index in [4.69, 9.17) is 4.74 Å². The van der Waals surface area contributed by atoms with E-state index in [1.165, 1.54) is 57.8 Å². The summed E-state index contributed by atoms with van der Waals surface area (Å²) in [7, 11) is 2.05. The van der Waals surface area contributed by atoms with Crippen molar-refractivity contribution >= 4 is 0 Å². The zero-order valence-corrected chi connectivity index (χ0v) is 11.4. The molecule has 2 rings (SSSR count). The molecule has 0 spiro atoms. The Balaban J connectivity index is 1.78. The monoisotopic (exact) mass is 239 g/mol. The van der Waals surface area contributed by atoms with Crippen LogP contribution in [0.3, 0.4) is 0 Å². The van der Waals surface area contributed by atoms with Gasteiger partial charge in [-0.1, -0.05) is 38.5 Å². The third kappa shape index (κ3) is 4.26. The molecule has 1 aliphatic carbocycles. The summed E-state index contributed by atoms with van der Waals surface area (Å²) in [5.74, 6) is 1.62. The highest BCUT2D eigenvalue weighted by atomic mass is 16.5. The van der Waals surface area contributed by atoms with Crippen LogP contribution in [0.2, 0.25) is 0 Å². The Kier molecular flexibility index (Phi) is 5.79. The Bertz CT molecular complexity index is 197. The largest absolute Gasteiger partial charge is 0.378 e. The maximum atomic E-state index is 6.05. The minimum absolute atomic E-state index is 0.575. The van der Waals surface area contributed by atoms with Gasteiger partial charge in [0, 0.05) is 0 Å². The Hall–Kier alpha value is -0.0800. The van der Waals surface area contributed by atoms with E-state index in [0.717, 1.165) is 25.0 Å². The molecule has 2 unspecified atom stereocenters. The van der Waals surface area contributed by atoms with Crippen LogP contribution >= 0.6 is 0 Å². The molecule has 2 nitrogen and oxygen atoms in total.